The van der Waals surface area contributed by atoms with E-state index < -0.39 is 0 Å². The van der Waals surface area contributed by atoms with E-state index in [1.54, 1.807) is 6.92 Å². The fraction of sp³-hybridized carbons (Fsp3) is 0.357. The highest BCUT2D eigenvalue weighted by atomic mass is 16.6. The first-order valence-electron chi connectivity index (χ1n) is 6.32. The summed E-state index contributed by atoms with van der Waals surface area (Å²) in [7, 11) is 0. The molecule has 5 heteroatoms. The molecule has 0 N–H and O–H groups in total. The number of carbonyl (C=O) groups excluding carboxylic acids is 1. The largest absolute Gasteiger partial charge is 0.365 e. The van der Waals surface area contributed by atoms with Crippen LogP contribution in [0.3, 0.4) is 0 Å². The third-order valence-electron chi connectivity index (χ3n) is 3.56. The van der Waals surface area contributed by atoms with Gasteiger partial charge in [0.2, 0.25) is 0 Å². The van der Waals surface area contributed by atoms with Gasteiger partial charge in [-0.15, -0.1) is 0 Å². The van der Waals surface area contributed by atoms with Gasteiger partial charge >= 0.3 is 0 Å². The van der Waals surface area contributed by atoms with Crippen molar-refractivity contribution in [2.75, 3.05) is 11.4 Å². The van der Waals surface area contributed by atoms with Crippen LogP contribution in [0.25, 0.3) is 0 Å². The number of aryl methyl sites for hydroxylation is 1. The van der Waals surface area contributed by atoms with E-state index in [9.17, 15) is 4.79 Å². The molecular formula is C14H15N3O2. The van der Waals surface area contributed by atoms with Crippen LogP contribution < -0.4 is 4.90 Å². The lowest BCUT2D eigenvalue weighted by Gasteiger charge is -2.17. The van der Waals surface area contributed by atoms with Gasteiger partial charge in [-0.2, -0.15) is 0 Å². The smallest absolute Gasteiger partial charge is 0.159 e. The molecule has 1 aromatic carbocycles. The Morgan fingerprint density at radius 1 is 1.42 bits per heavy atom. The zero-order valence-corrected chi connectivity index (χ0v) is 11.0. The van der Waals surface area contributed by atoms with Crippen LogP contribution >= 0.6 is 0 Å². The number of anilines is 1. The van der Waals surface area contributed by atoms with E-state index in [1.807, 2.05) is 25.1 Å². The normalized spacial score (nSPS) is 13.7. The summed E-state index contributed by atoms with van der Waals surface area (Å²) in [6, 6.07) is 5.89. The van der Waals surface area contributed by atoms with E-state index in [-0.39, 0.29) is 5.78 Å². The zero-order valence-electron chi connectivity index (χ0n) is 11.0. The lowest BCUT2D eigenvalue weighted by atomic mass is 10.1. The summed E-state index contributed by atoms with van der Waals surface area (Å²) >= 11 is 0. The van der Waals surface area contributed by atoms with Gasteiger partial charge in [-0.1, -0.05) is 10.3 Å². The number of hydrogen-bond acceptors (Lipinski definition) is 5. The van der Waals surface area contributed by atoms with Crippen molar-refractivity contribution in [2.24, 2.45) is 0 Å². The highest BCUT2D eigenvalue weighted by Crippen LogP contribution is 2.30. The lowest BCUT2D eigenvalue weighted by molar-refractivity contribution is 0.101. The number of rotatable bonds is 3. The summed E-state index contributed by atoms with van der Waals surface area (Å²) in [6.45, 7) is 5.12. The molecule has 0 radical (unpaired) electrons. The predicted octanol–water partition coefficient (Wildman–Crippen LogP) is 2.14. The standard InChI is InChI=1S/C14H15N3O2/c1-9-13(16-19-15-9)8-17-6-5-12-7-11(10(2)18)3-4-14(12)17/h3-4,7H,5-6,8H2,1-2H3. The minimum atomic E-state index is 0.109. The Labute approximate surface area is 111 Å². The topological polar surface area (TPSA) is 59.2 Å². The van der Waals surface area contributed by atoms with Crippen molar-refractivity contribution in [3.05, 3.63) is 40.7 Å². The highest BCUT2D eigenvalue weighted by Gasteiger charge is 2.21. The van der Waals surface area contributed by atoms with Crippen molar-refractivity contribution in [3.63, 3.8) is 0 Å². The van der Waals surface area contributed by atoms with Crippen LogP contribution in [-0.2, 0) is 13.0 Å². The first kappa shape index (κ1) is 11.9. The predicted molar refractivity (Wildman–Crippen MR) is 70.2 cm³/mol. The SMILES string of the molecule is CC(=O)c1ccc2c(c1)CCN2Cc1nonc1C. The molecule has 2 heterocycles. The fourth-order valence-corrected chi connectivity index (χ4v) is 2.43. The average molecular weight is 257 g/mol. The maximum atomic E-state index is 11.4. The number of nitrogens with zero attached hydrogens (tertiary/aromatic N) is 3. The van der Waals surface area contributed by atoms with E-state index in [2.05, 4.69) is 15.2 Å². The maximum Gasteiger partial charge on any atom is 0.159 e. The maximum absolute atomic E-state index is 11.4. The first-order chi connectivity index (χ1) is 9.15. The van der Waals surface area contributed by atoms with Crippen molar-refractivity contribution in [3.8, 4) is 0 Å². The zero-order chi connectivity index (χ0) is 13.4. The summed E-state index contributed by atoms with van der Waals surface area (Å²) < 4.78 is 4.72. The molecule has 19 heavy (non-hydrogen) atoms. The van der Waals surface area contributed by atoms with Crippen molar-refractivity contribution >= 4 is 11.5 Å². The van der Waals surface area contributed by atoms with E-state index >= 15 is 0 Å². The molecule has 0 atom stereocenters. The number of ketones is 1. The molecule has 1 aliphatic heterocycles. The highest BCUT2D eigenvalue weighted by molar-refractivity contribution is 5.94. The van der Waals surface area contributed by atoms with Crippen LogP contribution in [0.5, 0.6) is 0 Å². The van der Waals surface area contributed by atoms with Gasteiger partial charge in [-0.05, 0) is 44.0 Å². The van der Waals surface area contributed by atoms with Gasteiger partial charge in [0.25, 0.3) is 0 Å². The minimum Gasteiger partial charge on any atom is -0.365 e. The van der Waals surface area contributed by atoms with Gasteiger partial charge in [0, 0.05) is 17.8 Å². The van der Waals surface area contributed by atoms with E-state index in [0.29, 0.717) is 6.54 Å². The van der Waals surface area contributed by atoms with Crippen molar-refractivity contribution < 1.29 is 9.42 Å². The van der Waals surface area contributed by atoms with Crippen LogP contribution in [0.4, 0.5) is 5.69 Å². The van der Waals surface area contributed by atoms with Crippen LogP contribution in [-0.4, -0.2) is 22.6 Å². The summed E-state index contributed by atoms with van der Waals surface area (Å²) in [5.41, 5.74) is 4.87. The Balaban J connectivity index is 1.86. The minimum absolute atomic E-state index is 0.109. The molecule has 0 spiro atoms. The number of hydrogen-bond donors (Lipinski definition) is 0. The van der Waals surface area contributed by atoms with Gasteiger partial charge in [0.1, 0.15) is 11.4 Å². The lowest BCUT2D eigenvalue weighted by Crippen LogP contribution is -2.20. The fourth-order valence-electron chi connectivity index (χ4n) is 2.43. The third-order valence-corrected chi connectivity index (χ3v) is 3.56. The summed E-state index contributed by atoms with van der Waals surface area (Å²) in [5, 5.41) is 7.71. The number of carbonyl (C=O) groups is 1. The Morgan fingerprint density at radius 2 is 2.26 bits per heavy atom. The van der Waals surface area contributed by atoms with Crippen LogP contribution in [0, 0.1) is 6.92 Å². The summed E-state index contributed by atoms with van der Waals surface area (Å²) in [5.74, 6) is 0.109. The monoisotopic (exact) mass is 257 g/mol. The van der Waals surface area contributed by atoms with Gasteiger partial charge in [0.15, 0.2) is 5.78 Å². The van der Waals surface area contributed by atoms with E-state index in [1.165, 1.54) is 11.3 Å². The molecular weight excluding hydrogens is 242 g/mol. The van der Waals surface area contributed by atoms with E-state index in [0.717, 1.165) is 29.9 Å². The second-order valence-corrected chi connectivity index (χ2v) is 4.87. The second kappa shape index (κ2) is 4.50. The van der Waals surface area contributed by atoms with E-state index in [4.69, 9.17) is 4.63 Å². The molecule has 0 saturated heterocycles. The van der Waals surface area contributed by atoms with Gasteiger partial charge in [-0.25, -0.2) is 4.63 Å². The Bertz CT molecular complexity index is 633. The number of aromatic nitrogens is 2. The number of benzene rings is 1. The van der Waals surface area contributed by atoms with Crippen molar-refractivity contribution in [2.45, 2.75) is 26.8 Å². The molecule has 0 amide bonds. The quantitative estimate of drug-likeness (QED) is 0.788. The molecule has 0 fully saturated rings. The Hall–Kier alpha value is -2.17. The van der Waals surface area contributed by atoms with Gasteiger partial charge < -0.3 is 4.90 Å². The molecule has 1 aliphatic rings. The Kier molecular flexibility index (Phi) is 2.81. The number of Topliss-reactive ketones (excluding diaryl/α,β-unsaturated/α-hetero) is 1. The summed E-state index contributed by atoms with van der Waals surface area (Å²) in [6.07, 6.45) is 0.959. The summed E-state index contributed by atoms with van der Waals surface area (Å²) in [4.78, 5) is 13.6. The van der Waals surface area contributed by atoms with Crippen molar-refractivity contribution in [1.82, 2.24) is 10.3 Å². The Morgan fingerprint density at radius 3 is 2.95 bits per heavy atom. The first-order valence-corrected chi connectivity index (χ1v) is 6.32. The average Bonchev–Trinajstić information content (AvgIpc) is 2.97. The molecule has 5 nitrogen and oxygen atoms in total. The molecule has 0 aliphatic carbocycles. The molecule has 0 unspecified atom stereocenters. The van der Waals surface area contributed by atoms with Crippen LogP contribution in [0.1, 0.15) is 34.2 Å². The molecule has 1 aromatic heterocycles. The molecule has 0 saturated carbocycles. The van der Waals surface area contributed by atoms with Crippen LogP contribution in [0.2, 0.25) is 0 Å². The van der Waals surface area contributed by atoms with Crippen LogP contribution in [0.15, 0.2) is 22.8 Å². The molecule has 2 aromatic rings. The number of fused-ring (bicyclic) bond motifs is 1. The molecule has 0 bridgehead atoms. The second-order valence-electron chi connectivity index (χ2n) is 4.87. The van der Waals surface area contributed by atoms with Gasteiger partial charge in [-0.3, -0.25) is 4.79 Å². The molecule has 98 valence electrons. The van der Waals surface area contributed by atoms with Crippen molar-refractivity contribution in [1.29, 1.82) is 0 Å². The molecule has 3 rings (SSSR count). The van der Waals surface area contributed by atoms with Gasteiger partial charge in [0.05, 0.1) is 6.54 Å². The third kappa shape index (κ3) is 2.12.